The van der Waals surface area contributed by atoms with Gasteiger partial charge in [0.2, 0.25) is 5.95 Å². The van der Waals surface area contributed by atoms with Gasteiger partial charge < -0.3 is 15.2 Å². The van der Waals surface area contributed by atoms with E-state index in [1.807, 2.05) is 6.20 Å². The number of piperidine rings is 1. The van der Waals surface area contributed by atoms with Crippen molar-refractivity contribution >= 4 is 28.4 Å². The molecule has 2 aromatic heterocycles. The van der Waals surface area contributed by atoms with E-state index in [0.29, 0.717) is 5.95 Å². The molecule has 3 heterocycles. The molecule has 4 rings (SSSR count). The Hall–Kier alpha value is -2.56. The van der Waals surface area contributed by atoms with E-state index in [2.05, 4.69) is 52.5 Å². The Morgan fingerprint density at radius 2 is 1.96 bits per heavy atom. The Labute approximate surface area is 148 Å². The van der Waals surface area contributed by atoms with Crippen LogP contribution in [0.1, 0.15) is 38.3 Å². The number of fused-ring (bicyclic) bond motifs is 1. The van der Waals surface area contributed by atoms with Crippen molar-refractivity contribution < 1.29 is 0 Å². The van der Waals surface area contributed by atoms with Crippen molar-refractivity contribution in [3.8, 4) is 0 Å². The summed E-state index contributed by atoms with van der Waals surface area (Å²) in [4.78, 5) is 15.2. The first-order valence-corrected chi connectivity index (χ1v) is 9.29. The van der Waals surface area contributed by atoms with Crippen LogP contribution in [0, 0.1) is 0 Å². The monoisotopic (exact) mass is 335 g/mol. The molecule has 0 atom stereocenters. The van der Waals surface area contributed by atoms with Crippen LogP contribution in [0.3, 0.4) is 0 Å². The van der Waals surface area contributed by atoms with Gasteiger partial charge in [-0.05, 0) is 49.3 Å². The lowest BCUT2D eigenvalue weighted by molar-refractivity contribution is 0.573. The number of aromatic amines is 1. The quantitative estimate of drug-likeness (QED) is 0.713. The number of benzene rings is 1. The second kappa shape index (κ2) is 7.13. The maximum atomic E-state index is 4.80. The average Bonchev–Trinajstić information content (AvgIpc) is 3.10. The normalized spacial score (nSPS) is 14.8. The van der Waals surface area contributed by atoms with Crippen molar-refractivity contribution in [2.75, 3.05) is 23.3 Å². The minimum Gasteiger partial charge on any atom is -0.361 e. The molecule has 0 saturated carbocycles. The molecule has 0 spiro atoms. The highest BCUT2D eigenvalue weighted by molar-refractivity contribution is 5.83. The van der Waals surface area contributed by atoms with Crippen molar-refractivity contribution in [3.63, 3.8) is 0 Å². The van der Waals surface area contributed by atoms with Crippen LogP contribution in [0.25, 0.3) is 10.9 Å². The van der Waals surface area contributed by atoms with Gasteiger partial charge in [-0.2, -0.15) is 4.98 Å². The van der Waals surface area contributed by atoms with Gasteiger partial charge in [-0.25, -0.2) is 4.98 Å². The van der Waals surface area contributed by atoms with E-state index in [1.165, 1.54) is 24.6 Å². The Morgan fingerprint density at radius 3 is 2.80 bits per heavy atom. The maximum Gasteiger partial charge on any atom is 0.229 e. The fourth-order valence-corrected chi connectivity index (χ4v) is 3.46. The minimum atomic E-state index is 0.692. The minimum absolute atomic E-state index is 0.692. The van der Waals surface area contributed by atoms with Crippen LogP contribution < -0.4 is 10.2 Å². The van der Waals surface area contributed by atoms with Gasteiger partial charge in [-0.1, -0.05) is 19.4 Å². The van der Waals surface area contributed by atoms with Crippen LogP contribution in [0.15, 0.2) is 36.5 Å². The Kier molecular flexibility index (Phi) is 4.55. The Morgan fingerprint density at radius 1 is 1.08 bits per heavy atom. The molecule has 130 valence electrons. The summed E-state index contributed by atoms with van der Waals surface area (Å²) in [5, 5.41) is 4.60. The third-order valence-corrected chi connectivity index (χ3v) is 4.76. The van der Waals surface area contributed by atoms with Crippen molar-refractivity contribution in [1.29, 1.82) is 0 Å². The van der Waals surface area contributed by atoms with Crippen LogP contribution >= 0.6 is 0 Å². The maximum absolute atomic E-state index is 4.80. The summed E-state index contributed by atoms with van der Waals surface area (Å²) in [7, 11) is 0. The van der Waals surface area contributed by atoms with E-state index in [4.69, 9.17) is 9.97 Å². The highest BCUT2D eigenvalue weighted by Crippen LogP contribution is 2.24. The molecule has 1 fully saturated rings. The van der Waals surface area contributed by atoms with Crippen LogP contribution in [0.5, 0.6) is 0 Å². The highest BCUT2D eigenvalue weighted by atomic mass is 15.2. The number of hydrogen-bond donors (Lipinski definition) is 2. The molecule has 0 unspecified atom stereocenters. The molecule has 2 N–H and O–H groups in total. The van der Waals surface area contributed by atoms with Gasteiger partial charge in [0.15, 0.2) is 0 Å². The van der Waals surface area contributed by atoms with Gasteiger partial charge >= 0.3 is 0 Å². The number of nitrogens with zero attached hydrogens (tertiary/aromatic N) is 3. The Balaban J connectivity index is 1.63. The predicted octanol–water partition coefficient (Wildman–Crippen LogP) is 4.64. The predicted molar refractivity (Wildman–Crippen MR) is 104 cm³/mol. The lowest BCUT2D eigenvalue weighted by Gasteiger charge is -2.28. The van der Waals surface area contributed by atoms with Gasteiger partial charge in [0.1, 0.15) is 5.82 Å². The van der Waals surface area contributed by atoms with E-state index in [9.17, 15) is 0 Å². The topological polar surface area (TPSA) is 56.8 Å². The number of hydrogen-bond acceptors (Lipinski definition) is 4. The number of anilines is 3. The van der Waals surface area contributed by atoms with E-state index in [-0.39, 0.29) is 0 Å². The molecule has 1 aliphatic rings. The molecular weight excluding hydrogens is 310 g/mol. The van der Waals surface area contributed by atoms with E-state index < -0.39 is 0 Å². The van der Waals surface area contributed by atoms with Gasteiger partial charge in [-0.3, -0.25) is 0 Å². The SMILES string of the molecule is CCCc1cc(N2CCCCC2)nc(Nc2ccc3cc[nH]c3c2)n1. The second-order valence-corrected chi connectivity index (χ2v) is 6.74. The average molecular weight is 335 g/mol. The standard InChI is InChI=1S/C20H25N5/c1-2-6-16-14-19(25-11-4-3-5-12-25)24-20(22-16)23-17-8-7-15-9-10-21-18(15)13-17/h7-10,13-14,21H,2-6,11-12H2,1H3,(H,22,23,24). The Bertz CT molecular complexity index is 848. The fourth-order valence-electron chi connectivity index (χ4n) is 3.46. The second-order valence-electron chi connectivity index (χ2n) is 6.74. The summed E-state index contributed by atoms with van der Waals surface area (Å²) < 4.78 is 0. The number of rotatable bonds is 5. The zero-order valence-electron chi connectivity index (χ0n) is 14.8. The van der Waals surface area contributed by atoms with Crippen molar-refractivity contribution in [3.05, 3.63) is 42.2 Å². The molecule has 5 heteroatoms. The molecule has 0 radical (unpaired) electrons. The molecule has 1 aliphatic heterocycles. The summed E-state index contributed by atoms with van der Waals surface area (Å²) in [5.41, 5.74) is 3.24. The van der Waals surface area contributed by atoms with Crippen LogP contribution in [-0.4, -0.2) is 28.0 Å². The molecule has 5 nitrogen and oxygen atoms in total. The number of nitrogens with one attached hydrogen (secondary N) is 2. The summed E-state index contributed by atoms with van der Waals surface area (Å²) in [6, 6.07) is 10.5. The first-order chi connectivity index (χ1) is 12.3. The number of aryl methyl sites for hydroxylation is 1. The molecule has 1 saturated heterocycles. The fraction of sp³-hybridized carbons (Fsp3) is 0.400. The molecule has 25 heavy (non-hydrogen) atoms. The highest BCUT2D eigenvalue weighted by Gasteiger charge is 2.14. The molecule has 0 amide bonds. The smallest absolute Gasteiger partial charge is 0.229 e. The lowest BCUT2D eigenvalue weighted by atomic mass is 10.1. The van der Waals surface area contributed by atoms with Crippen molar-refractivity contribution in [1.82, 2.24) is 15.0 Å². The first-order valence-electron chi connectivity index (χ1n) is 9.29. The molecule has 3 aromatic rings. The summed E-state index contributed by atoms with van der Waals surface area (Å²) in [6.07, 6.45) is 7.85. The van der Waals surface area contributed by atoms with Crippen molar-refractivity contribution in [2.24, 2.45) is 0 Å². The summed E-state index contributed by atoms with van der Waals surface area (Å²) in [6.45, 7) is 4.38. The van der Waals surface area contributed by atoms with Gasteiger partial charge in [0.25, 0.3) is 0 Å². The van der Waals surface area contributed by atoms with Gasteiger partial charge in [-0.15, -0.1) is 0 Å². The molecule has 0 aliphatic carbocycles. The molecular formula is C20H25N5. The largest absolute Gasteiger partial charge is 0.361 e. The number of aromatic nitrogens is 3. The summed E-state index contributed by atoms with van der Waals surface area (Å²) in [5.74, 6) is 1.75. The van der Waals surface area contributed by atoms with Gasteiger partial charge in [0.05, 0.1) is 0 Å². The zero-order valence-corrected chi connectivity index (χ0v) is 14.8. The van der Waals surface area contributed by atoms with E-state index >= 15 is 0 Å². The zero-order chi connectivity index (χ0) is 17.1. The van der Waals surface area contributed by atoms with E-state index in [0.717, 1.165) is 48.6 Å². The van der Waals surface area contributed by atoms with Crippen LogP contribution in [0.4, 0.5) is 17.5 Å². The van der Waals surface area contributed by atoms with Crippen LogP contribution in [-0.2, 0) is 6.42 Å². The molecule has 1 aromatic carbocycles. The third kappa shape index (κ3) is 3.60. The van der Waals surface area contributed by atoms with Crippen LogP contribution in [0.2, 0.25) is 0 Å². The first kappa shape index (κ1) is 15.9. The summed E-state index contributed by atoms with van der Waals surface area (Å²) >= 11 is 0. The number of H-pyrrole nitrogens is 1. The van der Waals surface area contributed by atoms with E-state index in [1.54, 1.807) is 0 Å². The van der Waals surface area contributed by atoms with Gasteiger partial charge in [0, 0.05) is 42.3 Å². The third-order valence-electron chi connectivity index (χ3n) is 4.76. The molecule has 0 bridgehead atoms. The lowest BCUT2D eigenvalue weighted by Crippen LogP contribution is -2.30. The van der Waals surface area contributed by atoms with Crippen molar-refractivity contribution in [2.45, 2.75) is 39.0 Å².